The summed E-state index contributed by atoms with van der Waals surface area (Å²) in [7, 11) is 3.11. The van der Waals surface area contributed by atoms with Gasteiger partial charge in [0.25, 0.3) is 5.91 Å². The summed E-state index contributed by atoms with van der Waals surface area (Å²) in [5.41, 5.74) is 1.45. The number of rotatable bonds is 4. The van der Waals surface area contributed by atoms with Crippen LogP contribution >= 0.6 is 0 Å². The van der Waals surface area contributed by atoms with E-state index in [2.05, 4.69) is 5.32 Å². The quantitative estimate of drug-likeness (QED) is 0.943. The number of benzene rings is 2. The molecule has 23 heavy (non-hydrogen) atoms. The predicted molar refractivity (Wildman–Crippen MR) is 86.3 cm³/mol. The van der Waals surface area contributed by atoms with Crippen LogP contribution < -0.4 is 19.5 Å². The Morgan fingerprint density at radius 2 is 2.00 bits per heavy atom. The molecule has 1 N–H and O–H groups in total. The zero-order chi connectivity index (χ0) is 16.2. The molecule has 1 heterocycles. The first kappa shape index (κ1) is 15.2. The number of nitrogens with one attached hydrogen (secondary N) is 1. The summed E-state index contributed by atoms with van der Waals surface area (Å²) in [6.07, 6.45) is 0.731. The second kappa shape index (κ2) is 6.60. The van der Waals surface area contributed by atoms with Gasteiger partial charge in [0.05, 0.1) is 32.4 Å². The Balaban J connectivity index is 1.86. The van der Waals surface area contributed by atoms with Crippen LogP contribution in [-0.2, 0) is 0 Å². The van der Waals surface area contributed by atoms with E-state index < -0.39 is 0 Å². The summed E-state index contributed by atoms with van der Waals surface area (Å²) in [4.78, 5) is 12.7. The molecule has 1 atom stereocenters. The van der Waals surface area contributed by atoms with Gasteiger partial charge in [0.15, 0.2) is 0 Å². The Kier molecular flexibility index (Phi) is 4.37. The number of fused-ring (bicyclic) bond motifs is 1. The molecule has 0 fully saturated rings. The van der Waals surface area contributed by atoms with Crippen molar-refractivity contribution in [2.75, 3.05) is 20.8 Å². The van der Waals surface area contributed by atoms with Gasteiger partial charge in [-0.2, -0.15) is 0 Å². The van der Waals surface area contributed by atoms with Gasteiger partial charge in [0.2, 0.25) is 0 Å². The third-order valence-corrected chi connectivity index (χ3v) is 3.92. The zero-order valence-corrected chi connectivity index (χ0v) is 13.2. The third-order valence-electron chi connectivity index (χ3n) is 3.92. The number of para-hydroxylation sites is 1. The highest BCUT2D eigenvalue weighted by molar-refractivity contribution is 5.97. The van der Waals surface area contributed by atoms with E-state index in [9.17, 15) is 4.79 Å². The second-order valence-electron chi connectivity index (χ2n) is 5.27. The minimum Gasteiger partial charge on any atom is -0.497 e. The van der Waals surface area contributed by atoms with Crippen LogP contribution in [0.5, 0.6) is 17.2 Å². The normalized spacial score (nSPS) is 16.0. The SMILES string of the molecule is COc1ccc(OC)c(C(=O)N[C@@H]2CCOc3ccccc32)c1. The van der Waals surface area contributed by atoms with Gasteiger partial charge in [-0.3, -0.25) is 4.79 Å². The first-order valence-corrected chi connectivity index (χ1v) is 7.47. The van der Waals surface area contributed by atoms with Crippen LogP contribution in [0.2, 0.25) is 0 Å². The molecular formula is C18H19NO4. The fourth-order valence-corrected chi connectivity index (χ4v) is 2.72. The minimum absolute atomic E-state index is 0.0802. The molecule has 0 unspecified atom stereocenters. The Morgan fingerprint density at radius 3 is 2.78 bits per heavy atom. The van der Waals surface area contributed by atoms with E-state index in [1.54, 1.807) is 32.4 Å². The molecule has 2 aromatic rings. The zero-order valence-electron chi connectivity index (χ0n) is 13.2. The topological polar surface area (TPSA) is 56.8 Å². The van der Waals surface area contributed by atoms with Crippen molar-refractivity contribution in [3.05, 3.63) is 53.6 Å². The average molecular weight is 313 g/mol. The summed E-state index contributed by atoms with van der Waals surface area (Å²) in [5.74, 6) is 1.76. The van der Waals surface area contributed by atoms with Crippen molar-refractivity contribution >= 4 is 5.91 Å². The van der Waals surface area contributed by atoms with E-state index in [0.717, 1.165) is 17.7 Å². The van der Waals surface area contributed by atoms with E-state index in [1.807, 2.05) is 24.3 Å². The molecule has 0 aromatic heterocycles. The number of methoxy groups -OCH3 is 2. The Morgan fingerprint density at radius 1 is 1.17 bits per heavy atom. The lowest BCUT2D eigenvalue weighted by Gasteiger charge is -2.26. The molecule has 5 nitrogen and oxygen atoms in total. The molecule has 1 aliphatic rings. The first-order valence-electron chi connectivity index (χ1n) is 7.47. The molecule has 0 saturated heterocycles. The van der Waals surface area contributed by atoms with Gasteiger partial charge in [0.1, 0.15) is 17.2 Å². The molecule has 2 aromatic carbocycles. The lowest BCUT2D eigenvalue weighted by Crippen LogP contribution is -2.32. The highest BCUT2D eigenvalue weighted by Gasteiger charge is 2.24. The van der Waals surface area contributed by atoms with E-state index in [-0.39, 0.29) is 11.9 Å². The fourth-order valence-electron chi connectivity index (χ4n) is 2.72. The maximum atomic E-state index is 12.7. The number of carbonyl (C=O) groups excluding carboxylic acids is 1. The van der Waals surface area contributed by atoms with Gasteiger partial charge in [0, 0.05) is 12.0 Å². The maximum absolute atomic E-state index is 12.7. The molecule has 3 rings (SSSR count). The van der Waals surface area contributed by atoms with Crippen molar-refractivity contribution in [1.82, 2.24) is 5.32 Å². The molecule has 0 spiro atoms. The van der Waals surface area contributed by atoms with Crippen LogP contribution in [-0.4, -0.2) is 26.7 Å². The third kappa shape index (κ3) is 3.08. The summed E-state index contributed by atoms with van der Waals surface area (Å²) in [6, 6.07) is 12.8. The first-order chi connectivity index (χ1) is 11.2. The van der Waals surface area contributed by atoms with Crippen molar-refractivity contribution < 1.29 is 19.0 Å². The number of ether oxygens (including phenoxy) is 3. The highest BCUT2D eigenvalue weighted by Crippen LogP contribution is 2.32. The van der Waals surface area contributed by atoms with Gasteiger partial charge < -0.3 is 19.5 Å². The van der Waals surface area contributed by atoms with Gasteiger partial charge in [-0.05, 0) is 24.3 Å². The molecule has 0 saturated carbocycles. The summed E-state index contributed by atoms with van der Waals surface area (Å²) < 4.78 is 16.1. The van der Waals surface area contributed by atoms with Crippen LogP contribution in [0.15, 0.2) is 42.5 Å². The lowest BCUT2D eigenvalue weighted by molar-refractivity contribution is 0.0921. The molecule has 0 aliphatic carbocycles. The van der Waals surface area contributed by atoms with E-state index in [1.165, 1.54) is 0 Å². The predicted octanol–water partition coefficient (Wildman–Crippen LogP) is 2.96. The fraction of sp³-hybridized carbons (Fsp3) is 0.278. The van der Waals surface area contributed by atoms with Crippen molar-refractivity contribution in [3.8, 4) is 17.2 Å². The van der Waals surface area contributed by atoms with E-state index >= 15 is 0 Å². The maximum Gasteiger partial charge on any atom is 0.255 e. The molecule has 0 radical (unpaired) electrons. The molecule has 5 heteroatoms. The van der Waals surface area contributed by atoms with Crippen molar-refractivity contribution in [2.24, 2.45) is 0 Å². The molecule has 0 bridgehead atoms. The largest absolute Gasteiger partial charge is 0.497 e. The molecule has 120 valence electrons. The van der Waals surface area contributed by atoms with Gasteiger partial charge in [-0.15, -0.1) is 0 Å². The minimum atomic E-state index is -0.192. The summed E-state index contributed by atoms with van der Waals surface area (Å²) in [5, 5.41) is 3.06. The van der Waals surface area contributed by atoms with Crippen LogP contribution in [0.25, 0.3) is 0 Å². The van der Waals surface area contributed by atoms with E-state index in [4.69, 9.17) is 14.2 Å². The Labute approximate surface area is 135 Å². The Bertz CT molecular complexity index is 714. The number of hydrogen-bond acceptors (Lipinski definition) is 4. The monoisotopic (exact) mass is 313 g/mol. The number of carbonyl (C=O) groups is 1. The van der Waals surface area contributed by atoms with Crippen LogP contribution in [0, 0.1) is 0 Å². The van der Waals surface area contributed by atoms with Crippen LogP contribution in [0.3, 0.4) is 0 Å². The molecule has 1 amide bonds. The van der Waals surface area contributed by atoms with Gasteiger partial charge in [-0.1, -0.05) is 18.2 Å². The average Bonchev–Trinajstić information content (AvgIpc) is 2.61. The highest BCUT2D eigenvalue weighted by atomic mass is 16.5. The number of hydrogen-bond donors (Lipinski definition) is 1. The van der Waals surface area contributed by atoms with Crippen molar-refractivity contribution in [1.29, 1.82) is 0 Å². The lowest BCUT2D eigenvalue weighted by atomic mass is 10.00. The summed E-state index contributed by atoms with van der Waals surface area (Å²) in [6.45, 7) is 0.581. The molecule has 1 aliphatic heterocycles. The van der Waals surface area contributed by atoms with Crippen molar-refractivity contribution in [2.45, 2.75) is 12.5 Å². The van der Waals surface area contributed by atoms with Crippen LogP contribution in [0.4, 0.5) is 0 Å². The summed E-state index contributed by atoms with van der Waals surface area (Å²) >= 11 is 0. The van der Waals surface area contributed by atoms with Crippen molar-refractivity contribution in [3.63, 3.8) is 0 Å². The molecular weight excluding hydrogens is 294 g/mol. The Hall–Kier alpha value is -2.69. The number of amides is 1. The van der Waals surface area contributed by atoms with Crippen LogP contribution in [0.1, 0.15) is 28.4 Å². The standard InChI is InChI=1S/C18H19NO4/c1-21-12-7-8-16(22-2)14(11-12)18(20)19-15-9-10-23-17-6-4-3-5-13(15)17/h3-8,11,15H,9-10H2,1-2H3,(H,19,20)/t15-/m1/s1. The van der Waals surface area contributed by atoms with Gasteiger partial charge in [-0.25, -0.2) is 0 Å². The second-order valence-corrected chi connectivity index (χ2v) is 5.27. The smallest absolute Gasteiger partial charge is 0.255 e. The van der Waals surface area contributed by atoms with E-state index in [0.29, 0.717) is 23.7 Å². The van der Waals surface area contributed by atoms with Gasteiger partial charge >= 0.3 is 0 Å².